The molecule has 194 valence electrons. The van der Waals surface area contributed by atoms with Gasteiger partial charge in [-0.2, -0.15) is 0 Å². The predicted octanol–water partition coefficient (Wildman–Crippen LogP) is 6.76. The summed E-state index contributed by atoms with van der Waals surface area (Å²) in [4.78, 5) is 29.1. The molecular weight excluding hydrogens is 510 g/mol. The summed E-state index contributed by atoms with van der Waals surface area (Å²) >= 11 is 12.7. The maximum atomic E-state index is 14.8. The molecule has 1 aliphatic carbocycles. The number of halogens is 3. The van der Waals surface area contributed by atoms with Crippen molar-refractivity contribution < 1.29 is 14.0 Å². The summed E-state index contributed by atoms with van der Waals surface area (Å²) in [5, 5.41) is 3.93. The smallest absolute Gasteiger partial charge is 0.243 e. The van der Waals surface area contributed by atoms with E-state index in [1.54, 1.807) is 36.4 Å². The van der Waals surface area contributed by atoms with Crippen molar-refractivity contribution in [3.8, 4) is 0 Å². The Kier molecular flexibility index (Phi) is 9.59. The van der Waals surface area contributed by atoms with E-state index in [2.05, 4.69) is 5.32 Å². The van der Waals surface area contributed by atoms with Gasteiger partial charge in [-0.1, -0.05) is 97.1 Å². The van der Waals surface area contributed by atoms with E-state index >= 15 is 0 Å². The van der Waals surface area contributed by atoms with Crippen LogP contribution in [0.3, 0.4) is 0 Å². The lowest BCUT2D eigenvalue weighted by molar-refractivity contribution is -0.141. The Labute approximate surface area is 227 Å². The second kappa shape index (κ2) is 13.1. The van der Waals surface area contributed by atoms with Crippen LogP contribution in [0.4, 0.5) is 4.39 Å². The van der Waals surface area contributed by atoms with Crippen molar-refractivity contribution in [1.29, 1.82) is 0 Å². The molecule has 0 radical (unpaired) electrons. The molecular formula is C30H31Cl2FN2O2. The molecule has 1 aliphatic rings. The minimum atomic E-state index is -0.835. The molecule has 7 heteroatoms. The van der Waals surface area contributed by atoms with Crippen molar-refractivity contribution in [2.24, 2.45) is 0 Å². The number of hydrogen-bond acceptors (Lipinski definition) is 2. The van der Waals surface area contributed by atoms with Gasteiger partial charge in [0.2, 0.25) is 11.8 Å². The van der Waals surface area contributed by atoms with Crippen LogP contribution >= 0.6 is 23.2 Å². The lowest BCUT2D eigenvalue weighted by Crippen LogP contribution is -2.53. The fraction of sp³-hybridized carbons (Fsp3) is 0.333. The number of benzene rings is 3. The van der Waals surface area contributed by atoms with E-state index in [0.717, 1.165) is 37.7 Å². The van der Waals surface area contributed by atoms with Gasteiger partial charge in [-0.25, -0.2) is 4.39 Å². The summed E-state index contributed by atoms with van der Waals surface area (Å²) in [6, 6.07) is 20.2. The molecule has 0 heterocycles. The van der Waals surface area contributed by atoms with Crippen LogP contribution in [0.5, 0.6) is 0 Å². The summed E-state index contributed by atoms with van der Waals surface area (Å²) in [5.74, 6) is -1.01. The van der Waals surface area contributed by atoms with Gasteiger partial charge in [0, 0.05) is 34.6 Å². The van der Waals surface area contributed by atoms with Crippen LogP contribution in [0.25, 0.3) is 0 Å². The van der Waals surface area contributed by atoms with Crippen LogP contribution in [0, 0.1) is 5.82 Å². The molecule has 0 aromatic heterocycles. The van der Waals surface area contributed by atoms with Gasteiger partial charge in [0.05, 0.1) is 6.42 Å². The molecule has 1 saturated carbocycles. The average molecular weight is 541 g/mol. The molecule has 0 spiro atoms. The SMILES string of the molecule is O=C(NC1CCCCC1)[C@@H](Cc1ccccc1)N(Cc1ccccc1F)C(=O)Cc1c(Cl)cccc1Cl. The number of hydrogen-bond donors (Lipinski definition) is 1. The van der Waals surface area contributed by atoms with E-state index in [0.29, 0.717) is 27.6 Å². The standard InChI is InChI=1S/C30H31Cl2FN2O2/c31-25-15-9-16-26(32)24(25)19-29(36)35(20-22-12-7-8-17-27(22)33)28(18-21-10-3-1-4-11-21)30(37)34-23-13-5-2-6-14-23/h1,3-4,7-12,15-17,23,28H,2,5-6,13-14,18-20H2,(H,34,37)/t28-/m1/s1. The molecule has 1 N–H and O–H groups in total. The number of nitrogens with zero attached hydrogens (tertiary/aromatic N) is 1. The van der Waals surface area contributed by atoms with Gasteiger partial charge in [0.1, 0.15) is 11.9 Å². The maximum Gasteiger partial charge on any atom is 0.243 e. The van der Waals surface area contributed by atoms with Crippen LogP contribution in [0.2, 0.25) is 10.0 Å². The van der Waals surface area contributed by atoms with Crippen molar-refractivity contribution in [2.75, 3.05) is 0 Å². The number of rotatable bonds is 9. The first kappa shape index (κ1) is 27.2. The van der Waals surface area contributed by atoms with Gasteiger partial charge in [-0.15, -0.1) is 0 Å². The zero-order chi connectivity index (χ0) is 26.2. The van der Waals surface area contributed by atoms with Crippen LogP contribution in [0.15, 0.2) is 72.8 Å². The number of amides is 2. The second-order valence-electron chi connectivity index (χ2n) is 9.54. The van der Waals surface area contributed by atoms with Crippen molar-refractivity contribution >= 4 is 35.0 Å². The van der Waals surface area contributed by atoms with Crippen LogP contribution in [0.1, 0.15) is 48.8 Å². The first-order valence-corrected chi connectivity index (χ1v) is 13.5. The molecule has 4 nitrogen and oxygen atoms in total. The highest BCUT2D eigenvalue weighted by atomic mass is 35.5. The predicted molar refractivity (Wildman–Crippen MR) is 146 cm³/mol. The van der Waals surface area contributed by atoms with E-state index in [9.17, 15) is 14.0 Å². The van der Waals surface area contributed by atoms with Crippen molar-refractivity contribution in [3.63, 3.8) is 0 Å². The highest BCUT2D eigenvalue weighted by Crippen LogP contribution is 2.27. The Morgan fingerprint density at radius 2 is 1.54 bits per heavy atom. The highest BCUT2D eigenvalue weighted by Gasteiger charge is 2.33. The Balaban J connectivity index is 1.69. The lowest BCUT2D eigenvalue weighted by atomic mass is 9.94. The Hall–Kier alpha value is -2.89. The van der Waals surface area contributed by atoms with Crippen molar-refractivity contribution in [3.05, 3.63) is 105 Å². The van der Waals surface area contributed by atoms with Gasteiger partial charge in [-0.05, 0) is 42.2 Å². The molecule has 4 rings (SSSR count). The molecule has 2 amide bonds. The third kappa shape index (κ3) is 7.33. The Morgan fingerprint density at radius 1 is 0.892 bits per heavy atom. The van der Waals surface area contributed by atoms with Gasteiger partial charge in [0.15, 0.2) is 0 Å². The van der Waals surface area contributed by atoms with Gasteiger partial charge in [-0.3, -0.25) is 9.59 Å². The van der Waals surface area contributed by atoms with E-state index < -0.39 is 11.9 Å². The quantitative estimate of drug-likeness (QED) is 0.325. The summed E-state index contributed by atoms with van der Waals surface area (Å²) in [5.41, 5.74) is 1.73. The molecule has 0 unspecified atom stereocenters. The molecule has 0 saturated heterocycles. The largest absolute Gasteiger partial charge is 0.352 e. The van der Waals surface area contributed by atoms with Crippen molar-refractivity contribution in [2.45, 2.75) is 63.6 Å². The molecule has 3 aromatic rings. The summed E-state index contributed by atoms with van der Waals surface area (Å²) in [6.07, 6.45) is 5.33. The van der Waals surface area contributed by atoms with E-state index in [1.807, 2.05) is 30.3 Å². The third-order valence-electron chi connectivity index (χ3n) is 6.91. The van der Waals surface area contributed by atoms with Gasteiger partial charge in [0.25, 0.3) is 0 Å². The minimum absolute atomic E-state index is 0.0524. The monoisotopic (exact) mass is 540 g/mol. The molecule has 1 atom stereocenters. The second-order valence-corrected chi connectivity index (χ2v) is 10.4. The Morgan fingerprint density at radius 3 is 2.22 bits per heavy atom. The van der Waals surface area contributed by atoms with Crippen molar-refractivity contribution in [1.82, 2.24) is 10.2 Å². The molecule has 3 aromatic carbocycles. The normalized spacial score (nSPS) is 14.7. The Bertz CT molecular complexity index is 1190. The van der Waals surface area contributed by atoms with Crippen LogP contribution in [-0.2, 0) is 29.0 Å². The first-order valence-electron chi connectivity index (χ1n) is 12.7. The zero-order valence-corrected chi connectivity index (χ0v) is 22.1. The maximum absolute atomic E-state index is 14.8. The number of carbonyl (C=O) groups excluding carboxylic acids is 2. The number of nitrogens with one attached hydrogen (secondary N) is 1. The van der Waals surface area contributed by atoms with Gasteiger partial charge < -0.3 is 10.2 Å². The number of carbonyl (C=O) groups is 2. The van der Waals surface area contributed by atoms with E-state index in [1.165, 1.54) is 11.0 Å². The fourth-order valence-electron chi connectivity index (χ4n) is 4.86. The van der Waals surface area contributed by atoms with Crippen LogP contribution in [-0.4, -0.2) is 28.8 Å². The summed E-state index contributed by atoms with van der Waals surface area (Å²) in [7, 11) is 0. The van der Waals surface area contributed by atoms with E-state index in [-0.39, 0.29) is 30.8 Å². The summed E-state index contributed by atoms with van der Waals surface area (Å²) in [6.45, 7) is -0.0524. The fourth-order valence-corrected chi connectivity index (χ4v) is 5.39. The molecule has 0 aliphatic heterocycles. The molecule has 1 fully saturated rings. The lowest BCUT2D eigenvalue weighted by Gasteiger charge is -2.33. The topological polar surface area (TPSA) is 49.4 Å². The van der Waals surface area contributed by atoms with E-state index in [4.69, 9.17) is 23.2 Å². The highest BCUT2D eigenvalue weighted by molar-refractivity contribution is 6.36. The first-order chi connectivity index (χ1) is 17.9. The average Bonchev–Trinajstić information content (AvgIpc) is 2.90. The zero-order valence-electron chi connectivity index (χ0n) is 20.6. The molecule has 0 bridgehead atoms. The summed E-state index contributed by atoms with van der Waals surface area (Å²) < 4.78 is 14.8. The van der Waals surface area contributed by atoms with Gasteiger partial charge >= 0.3 is 0 Å². The minimum Gasteiger partial charge on any atom is -0.352 e. The molecule has 37 heavy (non-hydrogen) atoms. The third-order valence-corrected chi connectivity index (χ3v) is 7.62. The van der Waals surface area contributed by atoms with Crippen LogP contribution < -0.4 is 5.32 Å².